The highest BCUT2D eigenvalue weighted by Gasteiger charge is 2.30. The van der Waals surface area contributed by atoms with Crippen LogP contribution in [0, 0.1) is 37.1 Å². The lowest BCUT2D eigenvalue weighted by Gasteiger charge is -2.11. The second kappa shape index (κ2) is 7.99. The van der Waals surface area contributed by atoms with Gasteiger partial charge in [-0.15, -0.1) is 0 Å². The Bertz CT molecular complexity index is 1300. The third kappa shape index (κ3) is 3.55. The minimum atomic E-state index is -1.85. The Balaban J connectivity index is 1.60. The molecule has 0 unspecified atom stereocenters. The molecule has 32 heavy (non-hydrogen) atoms. The van der Waals surface area contributed by atoms with Crippen LogP contribution in [0.1, 0.15) is 21.5 Å². The summed E-state index contributed by atoms with van der Waals surface area (Å²) in [6, 6.07) is 9.80. The Kier molecular flexibility index (Phi) is 5.33. The molecule has 5 nitrogen and oxygen atoms in total. The van der Waals surface area contributed by atoms with Crippen LogP contribution in [-0.4, -0.2) is 18.0 Å². The molecule has 0 saturated heterocycles. The lowest BCUT2D eigenvalue weighted by atomic mass is 10.1. The van der Waals surface area contributed by atoms with Gasteiger partial charge in [0.1, 0.15) is 11.1 Å². The predicted molar refractivity (Wildman–Crippen MR) is 110 cm³/mol. The molecule has 4 aromatic rings. The van der Waals surface area contributed by atoms with Gasteiger partial charge in [0.2, 0.25) is 17.5 Å². The third-order valence-corrected chi connectivity index (χ3v) is 5.05. The van der Waals surface area contributed by atoms with Gasteiger partial charge in [0.15, 0.2) is 23.0 Å². The number of oxazole rings is 1. The number of nitrogens with one attached hydrogen (secondary N) is 1. The summed E-state index contributed by atoms with van der Waals surface area (Å²) in [5.74, 6) is -9.56. The molecule has 0 aliphatic rings. The molecule has 1 heterocycles. The molecule has 1 N–H and O–H groups in total. The molecular weight excluding hydrogens is 428 g/mol. The van der Waals surface area contributed by atoms with Crippen LogP contribution in [-0.2, 0) is 0 Å². The van der Waals surface area contributed by atoms with E-state index in [1.165, 1.54) is 12.1 Å². The third-order valence-electron chi connectivity index (χ3n) is 5.05. The van der Waals surface area contributed by atoms with Crippen molar-refractivity contribution in [2.24, 2.45) is 0 Å². The quantitative estimate of drug-likeness (QED) is 0.313. The summed E-state index contributed by atoms with van der Waals surface area (Å²) in [6.45, 7) is 3.92. The first-order valence-electron chi connectivity index (χ1n) is 9.40. The summed E-state index contributed by atoms with van der Waals surface area (Å²) in [6.07, 6.45) is 0. The van der Waals surface area contributed by atoms with Crippen LogP contribution in [0.15, 0.2) is 40.8 Å². The molecule has 1 amide bonds. The predicted octanol–water partition coefficient (Wildman–Crippen LogP) is 5.93. The van der Waals surface area contributed by atoms with Gasteiger partial charge in [-0.1, -0.05) is 0 Å². The van der Waals surface area contributed by atoms with Crippen molar-refractivity contribution in [3.8, 4) is 17.2 Å². The number of fused-ring (bicyclic) bond motifs is 1. The van der Waals surface area contributed by atoms with Crippen molar-refractivity contribution in [1.29, 1.82) is 0 Å². The maximum Gasteiger partial charge on any atom is 0.261 e. The molecule has 0 aliphatic carbocycles. The van der Waals surface area contributed by atoms with Crippen LogP contribution in [0.4, 0.5) is 23.2 Å². The molecule has 0 fully saturated rings. The van der Waals surface area contributed by atoms with Gasteiger partial charge in [-0.25, -0.2) is 13.8 Å². The molecule has 9 heteroatoms. The molecule has 0 aliphatic heterocycles. The van der Waals surface area contributed by atoms with E-state index in [-0.39, 0.29) is 5.69 Å². The number of carbonyl (C=O) groups excluding carboxylic acids is 1. The maximum atomic E-state index is 14.1. The molecule has 3 aromatic carbocycles. The number of carbonyl (C=O) groups is 1. The zero-order valence-electron chi connectivity index (χ0n) is 17.1. The van der Waals surface area contributed by atoms with E-state index in [4.69, 9.17) is 4.42 Å². The number of ether oxygens (including phenoxy) is 1. The fraction of sp³-hybridized carbons (Fsp3) is 0.130. The molecule has 0 atom stereocenters. The number of aromatic nitrogens is 1. The maximum absolute atomic E-state index is 14.1. The van der Waals surface area contributed by atoms with Gasteiger partial charge < -0.3 is 14.5 Å². The van der Waals surface area contributed by atoms with Crippen LogP contribution in [0.25, 0.3) is 22.6 Å². The van der Waals surface area contributed by atoms with Crippen molar-refractivity contribution in [1.82, 2.24) is 4.98 Å². The van der Waals surface area contributed by atoms with E-state index in [1.54, 1.807) is 12.1 Å². The van der Waals surface area contributed by atoms with E-state index in [2.05, 4.69) is 15.0 Å². The Morgan fingerprint density at radius 3 is 2.12 bits per heavy atom. The second-order valence-corrected chi connectivity index (χ2v) is 7.12. The normalized spacial score (nSPS) is 11.1. The van der Waals surface area contributed by atoms with Crippen LogP contribution in [0.2, 0.25) is 0 Å². The molecule has 1 aromatic heterocycles. The van der Waals surface area contributed by atoms with Crippen molar-refractivity contribution in [3.05, 3.63) is 76.4 Å². The van der Waals surface area contributed by atoms with E-state index in [9.17, 15) is 22.4 Å². The van der Waals surface area contributed by atoms with Crippen molar-refractivity contribution in [3.63, 3.8) is 0 Å². The average molecular weight is 444 g/mol. The number of halogens is 4. The Hall–Kier alpha value is -3.88. The van der Waals surface area contributed by atoms with E-state index >= 15 is 0 Å². The van der Waals surface area contributed by atoms with E-state index in [0.717, 1.165) is 18.2 Å². The molecule has 0 bridgehead atoms. The zero-order valence-corrected chi connectivity index (χ0v) is 17.1. The highest BCUT2D eigenvalue weighted by Crippen LogP contribution is 2.31. The van der Waals surface area contributed by atoms with Gasteiger partial charge in [-0.05, 0) is 61.4 Å². The fourth-order valence-electron chi connectivity index (χ4n) is 3.18. The summed E-state index contributed by atoms with van der Waals surface area (Å²) in [5.41, 5.74) is 2.77. The standard InChI is InChI=1S/C23H16F4N2O3/c1-10-8-14-15(9-11(10)2)32-23(29-14)12-4-6-13(7-5-12)28-22(30)16-17(24)19(26)21(31-3)20(27)18(16)25/h4-9H,1-3H3,(H,28,30). The monoisotopic (exact) mass is 444 g/mol. The molecule has 0 saturated carbocycles. The summed E-state index contributed by atoms with van der Waals surface area (Å²) in [5, 5.41) is 2.21. The van der Waals surface area contributed by atoms with Crippen LogP contribution < -0.4 is 10.1 Å². The summed E-state index contributed by atoms with van der Waals surface area (Å²) in [4.78, 5) is 16.7. The van der Waals surface area contributed by atoms with Crippen molar-refractivity contribution in [2.45, 2.75) is 13.8 Å². The number of amides is 1. The summed E-state index contributed by atoms with van der Waals surface area (Å²) in [7, 11) is 0.848. The zero-order chi connectivity index (χ0) is 23.2. The fourth-order valence-corrected chi connectivity index (χ4v) is 3.18. The van der Waals surface area contributed by atoms with Gasteiger partial charge in [0.05, 0.1) is 7.11 Å². The summed E-state index contributed by atoms with van der Waals surface area (Å²) >= 11 is 0. The largest absolute Gasteiger partial charge is 0.491 e. The molecule has 0 radical (unpaired) electrons. The van der Waals surface area contributed by atoms with Gasteiger partial charge in [0.25, 0.3) is 5.91 Å². The molecule has 164 valence electrons. The molecular formula is C23H16F4N2O3. The molecule has 4 rings (SSSR count). The van der Waals surface area contributed by atoms with Crippen LogP contribution >= 0.6 is 0 Å². The number of aryl methyl sites for hydroxylation is 2. The van der Waals surface area contributed by atoms with Gasteiger partial charge in [0, 0.05) is 11.3 Å². The molecule has 0 spiro atoms. The first kappa shape index (κ1) is 21.4. The average Bonchev–Trinajstić information content (AvgIpc) is 3.16. The SMILES string of the molecule is COc1c(F)c(F)c(C(=O)Nc2ccc(-c3nc4cc(C)c(C)cc4o3)cc2)c(F)c1F. The Morgan fingerprint density at radius 1 is 0.938 bits per heavy atom. The lowest BCUT2D eigenvalue weighted by Crippen LogP contribution is -2.18. The second-order valence-electron chi connectivity index (χ2n) is 7.12. The van der Waals surface area contributed by atoms with Gasteiger partial charge in [-0.2, -0.15) is 8.78 Å². The summed E-state index contributed by atoms with van der Waals surface area (Å²) < 4.78 is 66.1. The highest BCUT2D eigenvalue weighted by atomic mass is 19.2. The van der Waals surface area contributed by atoms with Gasteiger partial charge >= 0.3 is 0 Å². The van der Waals surface area contributed by atoms with Crippen molar-refractivity contribution >= 4 is 22.7 Å². The van der Waals surface area contributed by atoms with E-state index in [1.807, 2.05) is 26.0 Å². The number of methoxy groups -OCH3 is 1. The minimum absolute atomic E-state index is 0.136. The lowest BCUT2D eigenvalue weighted by molar-refractivity contribution is 0.101. The number of nitrogens with zero attached hydrogens (tertiary/aromatic N) is 1. The number of benzene rings is 3. The Morgan fingerprint density at radius 2 is 1.53 bits per heavy atom. The highest BCUT2D eigenvalue weighted by molar-refractivity contribution is 6.05. The number of rotatable bonds is 4. The van der Waals surface area contributed by atoms with Crippen LogP contribution in [0.5, 0.6) is 5.75 Å². The Labute approximate surface area is 179 Å². The minimum Gasteiger partial charge on any atom is -0.491 e. The van der Waals surface area contributed by atoms with Crippen LogP contribution in [0.3, 0.4) is 0 Å². The first-order valence-corrected chi connectivity index (χ1v) is 9.40. The number of anilines is 1. The number of hydrogen-bond acceptors (Lipinski definition) is 4. The van der Waals surface area contributed by atoms with Crippen molar-refractivity contribution < 1.29 is 31.5 Å². The number of hydrogen-bond donors (Lipinski definition) is 1. The van der Waals surface area contributed by atoms with E-state index < -0.39 is 40.5 Å². The van der Waals surface area contributed by atoms with Gasteiger partial charge in [-0.3, -0.25) is 4.79 Å². The van der Waals surface area contributed by atoms with E-state index in [0.29, 0.717) is 22.6 Å². The first-order chi connectivity index (χ1) is 15.2. The smallest absolute Gasteiger partial charge is 0.261 e. The topological polar surface area (TPSA) is 64.4 Å². The van der Waals surface area contributed by atoms with Crippen molar-refractivity contribution in [2.75, 3.05) is 12.4 Å².